The van der Waals surface area contributed by atoms with Crippen LogP contribution >= 0.6 is 0 Å². The fourth-order valence-corrected chi connectivity index (χ4v) is 2.13. The molecule has 1 saturated carbocycles. The van der Waals surface area contributed by atoms with Gasteiger partial charge in [0.25, 0.3) is 5.91 Å². The van der Waals surface area contributed by atoms with Crippen LogP contribution in [0.1, 0.15) is 46.0 Å². The lowest BCUT2D eigenvalue weighted by atomic mass is 9.73. The smallest absolute Gasteiger partial charge is 0.251 e. The van der Waals surface area contributed by atoms with Gasteiger partial charge in [-0.25, -0.2) is 5.48 Å². The first-order chi connectivity index (χ1) is 7.60. The molecular formula is C12H24N2O2. The van der Waals surface area contributed by atoms with Gasteiger partial charge in [-0.3, -0.25) is 9.63 Å². The van der Waals surface area contributed by atoms with Crippen LogP contribution in [0, 0.1) is 11.3 Å². The van der Waals surface area contributed by atoms with Gasteiger partial charge in [-0.15, -0.1) is 0 Å². The molecule has 0 aromatic heterocycles. The normalized spacial score (nSPS) is 19.8. The van der Waals surface area contributed by atoms with Gasteiger partial charge >= 0.3 is 0 Å². The first kappa shape index (κ1) is 13.5. The van der Waals surface area contributed by atoms with Crippen molar-refractivity contribution in [3.63, 3.8) is 0 Å². The number of hydrogen-bond donors (Lipinski definition) is 2. The van der Waals surface area contributed by atoms with Crippen LogP contribution in [-0.4, -0.2) is 19.1 Å². The Morgan fingerprint density at radius 3 is 2.50 bits per heavy atom. The molecule has 0 spiro atoms. The quantitative estimate of drug-likeness (QED) is 0.702. The molecule has 1 aliphatic carbocycles. The molecule has 94 valence electrons. The monoisotopic (exact) mass is 228 g/mol. The van der Waals surface area contributed by atoms with Crippen LogP contribution in [0.25, 0.3) is 0 Å². The van der Waals surface area contributed by atoms with Gasteiger partial charge in [-0.1, -0.05) is 33.1 Å². The zero-order valence-corrected chi connectivity index (χ0v) is 10.4. The van der Waals surface area contributed by atoms with E-state index < -0.39 is 0 Å². The third-order valence-corrected chi connectivity index (χ3v) is 3.26. The highest BCUT2D eigenvalue weighted by molar-refractivity contribution is 5.82. The van der Waals surface area contributed by atoms with Crippen molar-refractivity contribution < 1.29 is 9.63 Å². The minimum Gasteiger partial charge on any atom is -0.329 e. The van der Waals surface area contributed by atoms with Gasteiger partial charge in [0, 0.05) is 6.54 Å². The van der Waals surface area contributed by atoms with E-state index in [0.717, 1.165) is 25.7 Å². The molecule has 16 heavy (non-hydrogen) atoms. The summed E-state index contributed by atoms with van der Waals surface area (Å²) in [6.45, 7) is 5.06. The highest BCUT2D eigenvalue weighted by Gasteiger charge is 2.38. The van der Waals surface area contributed by atoms with Gasteiger partial charge < -0.3 is 5.73 Å². The van der Waals surface area contributed by atoms with Crippen molar-refractivity contribution in [3.05, 3.63) is 0 Å². The Balaban J connectivity index is 2.42. The molecule has 4 heteroatoms. The molecule has 0 aromatic carbocycles. The number of hydroxylamine groups is 1. The topological polar surface area (TPSA) is 64.3 Å². The summed E-state index contributed by atoms with van der Waals surface area (Å²) in [6.07, 6.45) is 5.17. The summed E-state index contributed by atoms with van der Waals surface area (Å²) in [5.41, 5.74) is 7.93. The summed E-state index contributed by atoms with van der Waals surface area (Å²) in [4.78, 5) is 17.2. The van der Waals surface area contributed by atoms with Gasteiger partial charge in [0.2, 0.25) is 0 Å². The van der Waals surface area contributed by atoms with Crippen molar-refractivity contribution in [1.29, 1.82) is 0 Å². The van der Waals surface area contributed by atoms with E-state index >= 15 is 0 Å². The van der Waals surface area contributed by atoms with Crippen molar-refractivity contribution in [1.82, 2.24) is 5.48 Å². The predicted molar refractivity (Wildman–Crippen MR) is 63.5 cm³/mol. The fourth-order valence-electron chi connectivity index (χ4n) is 2.13. The lowest BCUT2D eigenvalue weighted by Crippen LogP contribution is -2.47. The van der Waals surface area contributed by atoms with E-state index in [9.17, 15) is 4.79 Å². The summed E-state index contributed by atoms with van der Waals surface area (Å²) in [5, 5.41) is 0. The number of carbonyl (C=O) groups excluding carboxylic acids is 1. The van der Waals surface area contributed by atoms with Crippen LogP contribution in [0.5, 0.6) is 0 Å². The first-order valence-electron chi connectivity index (χ1n) is 6.23. The molecule has 0 radical (unpaired) electrons. The summed E-state index contributed by atoms with van der Waals surface area (Å²) in [6, 6.07) is 0. The van der Waals surface area contributed by atoms with Crippen LogP contribution in [-0.2, 0) is 9.63 Å². The second kappa shape index (κ2) is 6.21. The van der Waals surface area contributed by atoms with Gasteiger partial charge in [0.15, 0.2) is 0 Å². The Hall–Kier alpha value is -0.610. The maximum atomic E-state index is 12.0. The Morgan fingerprint density at radius 2 is 2.00 bits per heavy atom. The minimum absolute atomic E-state index is 0.0321. The largest absolute Gasteiger partial charge is 0.329 e. The van der Waals surface area contributed by atoms with Crippen molar-refractivity contribution in [2.75, 3.05) is 13.2 Å². The van der Waals surface area contributed by atoms with Crippen molar-refractivity contribution in [3.8, 4) is 0 Å². The van der Waals surface area contributed by atoms with Crippen LogP contribution < -0.4 is 11.2 Å². The van der Waals surface area contributed by atoms with E-state index in [1.165, 1.54) is 6.42 Å². The second-order valence-electron chi connectivity index (χ2n) is 5.18. The standard InChI is InChI=1S/C12H24N2O2/c1-10(2)8-16-14-11(15)12(9-13)6-4-3-5-7-12/h10H,3-9,13H2,1-2H3,(H,14,15). The van der Waals surface area contributed by atoms with E-state index in [-0.39, 0.29) is 11.3 Å². The zero-order valence-electron chi connectivity index (χ0n) is 10.4. The summed E-state index contributed by atoms with van der Waals surface area (Å²) in [5.74, 6) is 0.385. The number of rotatable bonds is 5. The third kappa shape index (κ3) is 3.46. The lowest BCUT2D eigenvalue weighted by Gasteiger charge is -2.34. The minimum atomic E-state index is -0.380. The van der Waals surface area contributed by atoms with E-state index in [2.05, 4.69) is 5.48 Å². The number of hydrogen-bond acceptors (Lipinski definition) is 3. The maximum absolute atomic E-state index is 12.0. The third-order valence-electron chi connectivity index (χ3n) is 3.26. The number of carbonyl (C=O) groups is 1. The van der Waals surface area contributed by atoms with Crippen molar-refractivity contribution in [2.24, 2.45) is 17.1 Å². The highest BCUT2D eigenvalue weighted by Crippen LogP contribution is 2.35. The van der Waals surface area contributed by atoms with Gasteiger partial charge in [0.1, 0.15) is 0 Å². The van der Waals surface area contributed by atoms with E-state index in [1.807, 2.05) is 13.8 Å². The SMILES string of the molecule is CC(C)CONC(=O)C1(CN)CCCCC1. The fraction of sp³-hybridized carbons (Fsp3) is 0.917. The van der Waals surface area contributed by atoms with Crippen LogP contribution in [0.3, 0.4) is 0 Å². The molecule has 0 bridgehead atoms. The van der Waals surface area contributed by atoms with Crippen LogP contribution in [0.4, 0.5) is 0 Å². The highest BCUT2D eigenvalue weighted by atomic mass is 16.7. The van der Waals surface area contributed by atoms with Gasteiger partial charge in [0.05, 0.1) is 12.0 Å². The molecule has 1 aliphatic rings. The Bertz CT molecular complexity index is 223. The molecular weight excluding hydrogens is 204 g/mol. The number of amides is 1. The maximum Gasteiger partial charge on any atom is 0.251 e. The Labute approximate surface area is 97.9 Å². The van der Waals surface area contributed by atoms with Crippen LogP contribution in [0.15, 0.2) is 0 Å². The molecule has 4 nitrogen and oxygen atoms in total. The summed E-state index contributed by atoms with van der Waals surface area (Å²) in [7, 11) is 0. The molecule has 0 heterocycles. The van der Waals surface area contributed by atoms with Crippen LogP contribution in [0.2, 0.25) is 0 Å². The molecule has 1 amide bonds. The molecule has 0 unspecified atom stereocenters. The van der Waals surface area contributed by atoms with Gasteiger partial charge in [-0.05, 0) is 18.8 Å². The molecule has 0 saturated heterocycles. The molecule has 1 rings (SSSR count). The van der Waals surface area contributed by atoms with Crippen molar-refractivity contribution >= 4 is 5.91 Å². The zero-order chi connectivity index (χ0) is 12.0. The number of nitrogens with two attached hydrogens (primary N) is 1. The Kier molecular flexibility index (Phi) is 5.22. The molecule has 0 aromatic rings. The second-order valence-corrected chi connectivity index (χ2v) is 5.18. The first-order valence-corrected chi connectivity index (χ1v) is 6.23. The lowest BCUT2D eigenvalue weighted by molar-refractivity contribution is -0.146. The molecule has 0 atom stereocenters. The van der Waals surface area contributed by atoms with Crippen molar-refractivity contribution in [2.45, 2.75) is 46.0 Å². The molecule has 1 fully saturated rings. The summed E-state index contributed by atoms with van der Waals surface area (Å²) < 4.78 is 0. The van der Waals surface area contributed by atoms with E-state index in [4.69, 9.17) is 10.6 Å². The molecule has 0 aliphatic heterocycles. The average molecular weight is 228 g/mol. The predicted octanol–water partition coefficient (Wildman–Crippen LogP) is 1.60. The average Bonchev–Trinajstić information content (AvgIpc) is 2.29. The number of nitrogens with one attached hydrogen (secondary N) is 1. The van der Waals surface area contributed by atoms with Gasteiger partial charge in [-0.2, -0.15) is 0 Å². The molecule has 3 N–H and O–H groups in total. The van der Waals surface area contributed by atoms with E-state index in [0.29, 0.717) is 19.1 Å². The Morgan fingerprint density at radius 1 is 1.38 bits per heavy atom. The van der Waals surface area contributed by atoms with E-state index in [1.54, 1.807) is 0 Å². The summed E-state index contributed by atoms with van der Waals surface area (Å²) >= 11 is 0.